The number of hydrogen-bond acceptors (Lipinski definition) is 6. The molecule has 0 radical (unpaired) electrons. The second-order valence-corrected chi connectivity index (χ2v) is 7.50. The molecule has 3 aromatic heterocycles. The van der Waals surface area contributed by atoms with Gasteiger partial charge >= 0.3 is 0 Å². The minimum atomic E-state index is 0.277. The Hall–Kier alpha value is -3.19. The average Bonchev–Trinajstić information content (AvgIpc) is 3.17. The molecule has 1 fully saturated rings. The third-order valence-electron chi connectivity index (χ3n) is 5.64. The molecule has 142 valence electrons. The van der Waals surface area contributed by atoms with E-state index in [0.29, 0.717) is 11.7 Å². The Kier molecular flexibility index (Phi) is 4.09. The van der Waals surface area contributed by atoms with Crippen molar-refractivity contribution in [3.05, 3.63) is 54.4 Å². The fourth-order valence-electron chi connectivity index (χ4n) is 4.18. The molecule has 3 heterocycles. The van der Waals surface area contributed by atoms with Crippen molar-refractivity contribution < 1.29 is 0 Å². The number of nitrogen functional groups attached to an aromatic ring is 1. The Morgan fingerprint density at radius 1 is 1.04 bits per heavy atom. The molecule has 0 bridgehead atoms. The van der Waals surface area contributed by atoms with Crippen LogP contribution in [0, 0.1) is 0 Å². The van der Waals surface area contributed by atoms with Crippen LogP contribution in [0.4, 0.5) is 17.3 Å². The van der Waals surface area contributed by atoms with Crippen molar-refractivity contribution >= 4 is 33.9 Å². The number of nitrogens with one attached hydrogen (secondary N) is 1. The van der Waals surface area contributed by atoms with Gasteiger partial charge < -0.3 is 16.8 Å². The maximum absolute atomic E-state index is 6.40. The second kappa shape index (κ2) is 6.76. The largest absolute Gasteiger partial charge is 0.382 e. The quantitative estimate of drug-likeness (QED) is 0.507. The van der Waals surface area contributed by atoms with Crippen LogP contribution in [0.5, 0.6) is 0 Å². The normalized spacial score (nSPS) is 19.9. The van der Waals surface area contributed by atoms with Crippen LogP contribution in [-0.4, -0.2) is 25.6 Å². The molecule has 1 aromatic carbocycles. The van der Waals surface area contributed by atoms with Crippen LogP contribution >= 0.6 is 0 Å². The zero-order valence-electron chi connectivity index (χ0n) is 15.5. The van der Waals surface area contributed by atoms with E-state index in [9.17, 15) is 0 Å². The van der Waals surface area contributed by atoms with E-state index in [1.807, 2.05) is 30.5 Å². The highest BCUT2D eigenvalue weighted by atomic mass is 15.3. The fraction of sp³-hybridized carbons (Fsp3) is 0.286. The Bertz CT molecular complexity index is 1140. The Balaban J connectivity index is 1.61. The highest BCUT2D eigenvalue weighted by Gasteiger charge is 2.27. The van der Waals surface area contributed by atoms with Crippen molar-refractivity contribution in [2.45, 2.75) is 37.6 Å². The Morgan fingerprint density at radius 3 is 2.71 bits per heavy atom. The molecule has 5 N–H and O–H groups in total. The first-order chi connectivity index (χ1) is 13.7. The van der Waals surface area contributed by atoms with Crippen molar-refractivity contribution in [1.29, 1.82) is 0 Å². The lowest BCUT2D eigenvalue weighted by atomic mass is 9.81. The van der Waals surface area contributed by atoms with Crippen molar-refractivity contribution in [2.75, 3.05) is 11.1 Å². The second-order valence-electron chi connectivity index (χ2n) is 7.50. The summed E-state index contributed by atoms with van der Waals surface area (Å²) in [7, 11) is 0. The van der Waals surface area contributed by atoms with Gasteiger partial charge in [-0.05, 0) is 49.8 Å². The monoisotopic (exact) mass is 373 g/mol. The van der Waals surface area contributed by atoms with Crippen molar-refractivity contribution in [3.8, 4) is 0 Å². The maximum Gasteiger partial charge on any atom is 0.177 e. The molecule has 0 aliphatic heterocycles. The van der Waals surface area contributed by atoms with Crippen LogP contribution < -0.4 is 16.8 Å². The van der Waals surface area contributed by atoms with E-state index in [1.54, 1.807) is 10.7 Å². The molecular weight excluding hydrogens is 350 g/mol. The van der Waals surface area contributed by atoms with Gasteiger partial charge in [-0.2, -0.15) is 0 Å². The lowest BCUT2D eigenvalue weighted by molar-refractivity contribution is 0.396. The van der Waals surface area contributed by atoms with Gasteiger partial charge in [0.1, 0.15) is 11.6 Å². The van der Waals surface area contributed by atoms with E-state index >= 15 is 0 Å². The first kappa shape index (κ1) is 16.9. The van der Waals surface area contributed by atoms with Gasteiger partial charge in [0.25, 0.3) is 0 Å². The number of nitrogens with zero attached hydrogens (tertiary/aromatic N) is 4. The van der Waals surface area contributed by atoms with Gasteiger partial charge in [0, 0.05) is 29.4 Å². The van der Waals surface area contributed by atoms with E-state index in [1.165, 1.54) is 0 Å². The van der Waals surface area contributed by atoms with Crippen LogP contribution in [0.25, 0.3) is 16.6 Å². The number of imidazole rings is 1. The summed E-state index contributed by atoms with van der Waals surface area (Å²) in [6.07, 6.45) is 7.55. The molecule has 7 heteroatoms. The van der Waals surface area contributed by atoms with E-state index in [2.05, 4.69) is 27.5 Å². The summed E-state index contributed by atoms with van der Waals surface area (Å²) in [5.41, 5.74) is 16.1. The molecule has 5 rings (SSSR count). The van der Waals surface area contributed by atoms with Gasteiger partial charge in [0.05, 0.1) is 11.2 Å². The highest BCUT2D eigenvalue weighted by Crippen LogP contribution is 2.41. The smallest absolute Gasteiger partial charge is 0.177 e. The molecule has 4 aromatic rings. The summed E-state index contributed by atoms with van der Waals surface area (Å²) >= 11 is 0. The minimum Gasteiger partial charge on any atom is -0.382 e. The molecule has 0 unspecified atom stereocenters. The van der Waals surface area contributed by atoms with Crippen molar-refractivity contribution in [3.63, 3.8) is 0 Å². The third-order valence-corrected chi connectivity index (χ3v) is 5.64. The molecule has 0 amide bonds. The molecule has 7 nitrogen and oxygen atoms in total. The van der Waals surface area contributed by atoms with Gasteiger partial charge in [-0.25, -0.2) is 14.5 Å². The van der Waals surface area contributed by atoms with Crippen LogP contribution in [-0.2, 0) is 0 Å². The predicted molar refractivity (Wildman–Crippen MR) is 112 cm³/mol. The molecule has 28 heavy (non-hydrogen) atoms. The predicted octanol–water partition coefficient (Wildman–Crippen LogP) is 3.59. The zero-order chi connectivity index (χ0) is 19.1. The molecule has 0 atom stereocenters. The standard InChI is InChI=1S/C21H23N7/c22-15-8-5-14(6-9-15)18-19(21-24-11-12-28(21)27-20(18)23)26-17-10-7-13-3-1-2-4-16(13)25-17/h1-4,7,10-12,14-15H,5-6,8-9,22H2,(H2,23,27)(H,25,26). The molecular formula is C21H23N7. The lowest BCUT2D eigenvalue weighted by Gasteiger charge is -2.28. The molecule has 1 aliphatic carbocycles. The van der Waals surface area contributed by atoms with Gasteiger partial charge in [-0.3, -0.25) is 0 Å². The summed E-state index contributed by atoms with van der Waals surface area (Å²) in [5, 5.41) is 9.13. The zero-order valence-corrected chi connectivity index (χ0v) is 15.5. The van der Waals surface area contributed by atoms with E-state index in [0.717, 1.165) is 59.3 Å². The number of aromatic nitrogens is 4. The Morgan fingerprint density at radius 2 is 1.86 bits per heavy atom. The molecule has 0 spiro atoms. The summed E-state index contributed by atoms with van der Waals surface area (Å²) in [5.74, 6) is 1.62. The maximum atomic E-state index is 6.40. The van der Waals surface area contributed by atoms with Gasteiger partial charge in [-0.15, -0.1) is 5.10 Å². The van der Waals surface area contributed by atoms with E-state index in [4.69, 9.17) is 16.5 Å². The number of para-hydroxylation sites is 1. The average molecular weight is 373 g/mol. The minimum absolute atomic E-state index is 0.277. The molecule has 1 saturated carbocycles. The summed E-state index contributed by atoms with van der Waals surface area (Å²) in [4.78, 5) is 9.28. The lowest BCUT2D eigenvalue weighted by Crippen LogP contribution is -2.26. The number of nitrogens with two attached hydrogens (primary N) is 2. The Labute approximate surface area is 162 Å². The molecule has 1 aliphatic rings. The van der Waals surface area contributed by atoms with E-state index in [-0.39, 0.29) is 6.04 Å². The SMILES string of the molecule is Nc1nn2ccnc2c(Nc2ccc3ccccc3n2)c1C1CCC(N)CC1. The summed E-state index contributed by atoms with van der Waals surface area (Å²) in [6.45, 7) is 0. The number of hydrogen-bond donors (Lipinski definition) is 3. The van der Waals surface area contributed by atoms with Crippen LogP contribution in [0.15, 0.2) is 48.8 Å². The van der Waals surface area contributed by atoms with Crippen LogP contribution in [0.2, 0.25) is 0 Å². The number of fused-ring (bicyclic) bond motifs is 2. The highest BCUT2D eigenvalue weighted by molar-refractivity contribution is 5.84. The van der Waals surface area contributed by atoms with Gasteiger partial charge in [0.15, 0.2) is 5.65 Å². The summed E-state index contributed by atoms with van der Waals surface area (Å²) in [6, 6.07) is 12.4. The fourth-order valence-corrected chi connectivity index (χ4v) is 4.18. The topological polar surface area (TPSA) is 107 Å². The third kappa shape index (κ3) is 2.93. The first-order valence-corrected chi connectivity index (χ1v) is 9.70. The number of anilines is 3. The van der Waals surface area contributed by atoms with Gasteiger partial charge in [-0.1, -0.05) is 18.2 Å². The van der Waals surface area contributed by atoms with Crippen LogP contribution in [0.3, 0.4) is 0 Å². The van der Waals surface area contributed by atoms with Crippen molar-refractivity contribution in [2.24, 2.45) is 5.73 Å². The number of pyridine rings is 1. The molecule has 0 saturated heterocycles. The number of benzene rings is 1. The van der Waals surface area contributed by atoms with Crippen molar-refractivity contribution in [1.82, 2.24) is 19.6 Å². The van der Waals surface area contributed by atoms with Gasteiger partial charge in [0.2, 0.25) is 0 Å². The summed E-state index contributed by atoms with van der Waals surface area (Å²) < 4.78 is 1.72. The van der Waals surface area contributed by atoms with Crippen LogP contribution in [0.1, 0.15) is 37.2 Å². The first-order valence-electron chi connectivity index (χ1n) is 9.70. The van der Waals surface area contributed by atoms with E-state index < -0.39 is 0 Å². The number of rotatable bonds is 3.